The van der Waals surface area contributed by atoms with Crippen LogP contribution >= 0.6 is 0 Å². The molecule has 0 heterocycles. The van der Waals surface area contributed by atoms with Crippen LogP contribution < -0.4 is 0 Å². The third kappa shape index (κ3) is 2.72. The Bertz CT molecular complexity index is 200. The molecule has 3 heteroatoms. The third-order valence-electron chi connectivity index (χ3n) is 2.03. The van der Waals surface area contributed by atoms with Gasteiger partial charge in [-0.2, -0.15) is 13.2 Å². The van der Waals surface area contributed by atoms with E-state index in [-0.39, 0.29) is 11.8 Å². The Morgan fingerprint density at radius 1 is 1.17 bits per heavy atom. The lowest BCUT2D eigenvalue weighted by Crippen LogP contribution is -2.19. The first kappa shape index (κ1) is 9.36. The fourth-order valence-corrected chi connectivity index (χ4v) is 1.29. The average molecular weight is 176 g/mol. The highest BCUT2D eigenvalue weighted by molar-refractivity contribution is 5.13. The molecular formula is C9H11F3. The molecular weight excluding hydrogens is 165 g/mol. The standard InChI is InChI=1S/C9H11F3/c1-7-4-2-3-5-8(7)6-9(10,11)12/h2-5,7-8H,6H2,1H3. The molecule has 1 aliphatic rings. The summed E-state index contributed by atoms with van der Waals surface area (Å²) in [5.41, 5.74) is 0. The first-order valence-corrected chi connectivity index (χ1v) is 3.91. The Hall–Kier alpha value is -0.730. The molecule has 68 valence electrons. The monoisotopic (exact) mass is 176 g/mol. The maximum Gasteiger partial charge on any atom is 0.389 e. The van der Waals surface area contributed by atoms with Crippen molar-refractivity contribution in [3.05, 3.63) is 24.3 Å². The summed E-state index contributed by atoms with van der Waals surface area (Å²) in [5, 5.41) is 0. The second kappa shape index (κ2) is 3.33. The average Bonchev–Trinajstić information content (AvgIpc) is 1.91. The summed E-state index contributed by atoms with van der Waals surface area (Å²) >= 11 is 0. The number of rotatable bonds is 1. The van der Waals surface area contributed by atoms with Crippen LogP contribution in [-0.4, -0.2) is 6.18 Å². The molecule has 0 spiro atoms. The summed E-state index contributed by atoms with van der Waals surface area (Å²) in [5.74, 6) is -0.383. The van der Waals surface area contributed by atoms with Gasteiger partial charge in [0.1, 0.15) is 0 Å². The highest BCUT2D eigenvalue weighted by Crippen LogP contribution is 2.31. The van der Waals surface area contributed by atoms with E-state index in [9.17, 15) is 13.2 Å². The zero-order chi connectivity index (χ0) is 9.19. The van der Waals surface area contributed by atoms with E-state index < -0.39 is 12.6 Å². The molecule has 2 unspecified atom stereocenters. The number of hydrogen-bond donors (Lipinski definition) is 0. The minimum Gasteiger partial charge on any atom is -0.171 e. The van der Waals surface area contributed by atoms with Gasteiger partial charge in [-0.15, -0.1) is 0 Å². The van der Waals surface area contributed by atoms with E-state index in [0.29, 0.717) is 0 Å². The predicted molar refractivity (Wildman–Crippen MR) is 41.6 cm³/mol. The number of alkyl halides is 3. The van der Waals surface area contributed by atoms with Gasteiger partial charge < -0.3 is 0 Å². The largest absolute Gasteiger partial charge is 0.389 e. The van der Waals surface area contributed by atoms with Crippen molar-refractivity contribution in [2.24, 2.45) is 11.8 Å². The van der Waals surface area contributed by atoms with Crippen LogP contribution in [-0.2, 0) is 0 Å². The zero-order valence-electron chi connectivity index (χ0n) is 6.81. The molecule has 2 atom stereocenters. The van der Waals surface area contributed by atoms with E-state index in [4.69, 9.17) is 0 Å². The van der Waals surface area contributed by atoms with Gasteiger partial charge in [0.05, 0.1) is 6.42 Å². The molecule has 0 aromatic carbocycles. The van der Waals surface area contributed by atoms with Gasteiger partial charge in [-0.3, -0.25) is 0 Å². The van der Waals surface area contributed by atoms with Crippen LogP contribution in [0.3, 0.4) is 0 Å². The second-order valence-corrected chi connectivity index (χ2v) is 3.11. The fraction of sp³-hybridized carbons (Fsp3) is 0.556. The maximum atomic E-state index is 12.0. The summed E-state index contributed by atoms with van der Waals surface area (Å²) < 4.78 is 35.9. The van der Waals surface area contributed by atoms with Crippen molar-refractivity contribution in [1.29, 1.82) is 0 Å². The van der Waals surface area contributed by atoms with Gasteiger partial charge in [-0.05, 0) is 11.8 Å². The van der Waals surface area contributed by atoms with Crippen molar-refractivity contribution < 1.29 is 13.2 Å². The van der Waals surface area contributed by atoms with Crippen molar-refractivity contribution in [3.63, 3.8) is 0 Å². The van der Waals surface area contributed by atoms with Crippen LogP contribution in [0.2, 0.25) is 0 Å². The Morgan fingerprint density at radius 2 is 1.75 bits per heavy atom. The van der Waals surface area contributed by atoms with Gasteiger partial charge in [0, 0.05) is 0 Å². The van der Waals surface area contributed by atoms with Crippen molar-refractivity contribution in [2.75, 3.05) is 0 Å². The minimum atomic E-state index is -4.05. The van der Waals surface area contributed by atoms with Crippen LogP contribution in [0, 0.1) is 11.8 Å². The molecule has 0 bridgehead atoms. The molecule has 0 fully saturated rings. The van der Waals surface area contributed by atoms with Crippen LogP contribution in [0.4, 0.5) is 13.2 Å². The lowest BCUT2D eigenvalue weighted by atomic mass is 9.87. The molecule has 0 aromatic heterocycles. The summed E-state index contributed by atoms with van der Waals surface area (Å²) in [4.78, 5) is 0. The maximum absolute atomic E-state index is 12.0. The van der Waals surface area contributed by atoms with Crippen molar-refractivity contribution in [3.8, 4) is 0 Å². The summed E-state index contributed by atoms with van der Waals surface area (Å²) in [6.07, 6.45) is 2.13. The lowest BCUT2D eigenvalue weighted by Gasteiger charge is -2.21. The summed E-state index contributed by atoms with van der Waals surface area (Å²) in [6.45, 7) is 1.80. The van der Waals surface area contributed by atoms with Gasteiger partial charge >= 0.3 is 6.18 Å². The molecule has 1 aliphatic carbocycles. The van der Waals surface area contributed by atoms with Crippen LogP contribution in [0.15, 0.2) is 24.3 Å². The molecule has 1 rings (SSSR count). The van der Waals surface area contributed by atoms with Crippen LogP contribution in [0.25, 0.3) is 0 Å². The molecule has 0 radical (unpaired) electrons. The molecule has 0 N–H and O–H groups in total. The smallest absolute Gasteiger partial charge is 0.171 e. The predicted octanol–water partition coefficient (Wildman–Crippen LogP) is 3.32. The van der Waals surface area contributed by atoms with Crippen molar-refractivity contribution >= 4 is 0 Å². The SMILES string of the molecule is CC1C=CC=CC1CC(F)(F)F. The fourth-order valence-electron chi connectivity index (χ4n) is 1.29. The van der Waals surface area contributed by atoms with E-state index in [1.54, 1.807) is 31.2 Å². The van der Waals surface area contributed by atoms with Crippen LogP contribution in [0.1, 0.15) is 13.3 Å². The molecule has 0 saturated carbocycles. The van der Waals surface area contributed by atoms with E-state index in [1.165, 1.54) is 0 Å². The van der Waals surface area contributed by atoms with E-state index in [2.05, 4.69) is 0 Å². The Morgan fingerprint density at radius 3 is 2.25 bits per heavy atom. The van der Waals surface area contributed by atoms with Crippen LogP contribution in [0.5, 0.6) is 0 Å². The van der Waals surface area contributed by atoms with Gasteiger partial charge in [0.15, 0.2) is 0 Å². The Balaban J connectivity index is 2.53. The van der Waals surface area contributed by atoms with Gasteiger partial charge in [0.25, 0.3) is 0 Å². The second-order valence-electron chi connectivity index (χ2n) is 3.11. The van der Waals surface area contributed by atoms with Crippen molar-refractivity contribution in [2.45, 2.75) is 19.5 Å². The molecule has 0 saturated heterocycles. The number of allylic oxidation sites excluding steroid dienone is 4. The first-order valence-electron chi connectivity index (χ1n) is 3.91. The van der Waals surface area contributed by atoms with Gasteiger partial charge in [0.2, 0.25) is 0 Å². The third-order valence-corrected chi connectivity index (χ3v) is 2.03. The van der Waals surface area contributed by atoms with Gasteiger partial charge in [-0.25, -0.2) is 0 Å². The van der Waals surface area contributed by atoms with E-state index in [1.807, 2.05) is 0 Å². The lowest BCUT2D eigenvalue weighted by molar-refractivity contribution is -0.143. The molecule has 0 aliphatic heterocycles. The van der Waals surface area contributed by atoms with E-state index in [0.717, 1.165) is 0 Å². The topological polar surface area (TPSA) is 0 Å². The quantitative estimate of drug-likeness (QED) is 0.575. The normalized spacial score (nSPS) is 29.3. The highest BCUT2D eigenvalue weighted by atomic mass is 19.4. The van der Waals surface area contributed by atoms with Crippen molar-refractivity contribution in [1.82, 2.24) is 0 Å². The number of halogens is 3. The molecule has 0 amide bonds. The van der Waals surface area contributed by atoms with Gasteiger partial charge in [-0.1, -0.05) is 31.2 Å². The molecule has 12 heavy (non-hydrogen) atoms. The Kier molecular flexibility index (Phi) is 2.60. The number of hydrogen-bond acceptors (Lipinski definition) is 0. The summed E-state index contributed by atoms with van der Waals surface area (Å²) in [7, 11) is 0. The molecule has 0 aromatic rings. The summed E-state index contributed by atoms with van der Waals surface area (Å²) in [6, 6.07) is 0. The minimum absolute atomic E-state index is 0.00313. The molecule has 0 nitrogen and oxygen atoms in total. The van der Waals surface area contributed by atoms with E-state index >= 15 is 0 Å². The first-order chi connectivity index (χ1) is 5.49. The zero-order valence-corrected chi connectivity index (χ0v) is 6.81. The highest BCUT2D eigenvalue weighted by Gasteiger charge is 2.32. The Labute approximate surface area is 69.8 Å².